The van der Waals surface area contributed by atoms with Crippen molar-refractivity contribution in [3.63, 3.8) is 0 Å². The Morgan fingerprint density at radius 2 is 2.45 bits per heavy atom. The lowest BCUT2D eigenvalue weighted by Crippen LogP contribution is -2.38. The van der Waals surface area contributed by atoms with Gasteiger partial charge in [-0.25, -0.2) is 0 Å². The quantitative estimate of drug-likeness (QED) is 0.729. The fourth-order valence-electron chi connectivity index (χ4n) is 0.474. The van der Waals surface area contributed by atoms with Crippen molar-refractivity contribution in [1.29, 1.82) is 0 Å². The minimum absolute atomic E-state index is 0.314. The van der Waals surface area contributed by atoms with Gasteiger partial charge in [0, 0.05) is 5.54 Å². The molecule has 0 unspecified atom stereocenters. The molecule has 0 amide bonds. The molecule has 0 saturated heterocycles. The van der Waals surface area contributed by atoms with Gasteiger partial charge in [0.05, 0.1) is 0 Å². The average molecular weight is 173 g/mol. The van der Waals surface area contributed by atoms with E-state index in [2.05, 4.69) is 10.2 Å². The summed E-state index contributed by atoms with van der Waals surface area (Å²) >= 11 is 1.36. The summed E-state index contributed by atoms with van der Waals surface area (Å²) in [5.74, 6) is 0. The van der Waals surface area contributed by atoms with E-state index in [4.69, 9.17) is 10.5 Å². The first-order valence-corrected chi connectivity index (χ1v) is 4.14. The van der Waals surface area contributed by atoms with Crippen LogP contribution in [0.1, 0.15) is 13.8 Å². The van der Waals surface area contributed by atoms with Gasteiger partial charge in [0.15, 0.2) is 0 Å². The van der Waals surface area contributed by atoms with Crippen molar-refractivity contribution in [2.75, 3.05) is 6.61 Å². The van der Waals surface area contributed by atoms with Gasteiger partial charge in [0.2, 0.25) is 0 Å². The summed E-state index contributed by atoms with van der Waals surface area (Å²) in [7, 11) is 0. The fraction of sp³-hybridized carbons (Fsp3) is 0.667. The summed E-state index contributed by atoms with van der Waals surface area (Å²) in [5, 5.41) is 7.91. The Balaban J connectivity index is 2.35. The first kappa shape index (κ1) is 8.42. The van der Waals surface area contributed by atoms with Crippen molar-refractivity contribution in [3.05, 3.63) is 5.51 Å². The SMILES string of the molecule is CC(C)(N)COc1nncs1. The van der Waals surface area contributed by atoms with Gasteiger partial charge in [-0.05, 0) is 13.8 Å². The van der Waals surface area contributed by atoms with Crippen LogP contribution in [0.15, 0.2) is 5.51 Å². The molecular formula is C6H11N3OS. The number of nitrogens with zero attached hydrogens (tertiary/aromatic N) is 2. The molecule has 1 aromatic heterocycles. The Bertz CT molecular complexity index is 204. The second-order valence-corrected chi connectivity index (χ2v) is 3.78. The minimum Gasteiger partial charge on any atom is -0.467 e. The Morgan fingerprint density at radius 3 is 2.91 bits per heavy atom. The van der Waals surface area contributed by atoms with Crippen molar-refractivity contribution in [1.82, 2.24) is 10.2 Å². The molecule has 0 spiro atoms. The molecule has 0 saturated carbocycles. The van der Waals surface area contributed by atoms with Crippen molar-refractivity contribution in [3.8, 4) is 5.19 Å². The van der Waals surface area contributed by atoms with E-state index in [0.29, 0.717) is 11.8 Å². The van der Waals surface area contributed by atoms with Crippen LogP contribution in [0.2, 0.25) is 0 Å². The summed E-state index contributed by atoms with van der Waals surface area (Å²) in [4.78, 5) is 0. The van der Waals surface area contributed by atoms with Gasteiger partial charge in [-0.2, -0.15) is 0 Å². The van der Waals surface area contributed by atoms with E-state index in [0.717, 1.165) is 0 Å². The normalized spacial score (nSPS) is 11.5. The van der Waals surface area contributed by atoms with E-state index in [1.54, 1.807) is 5.51 Å². The Hall–Kier alpha value is -0.680. The highest BCUT2D eigenvalue weighted by molar-refractivity contribution is 7.11. The second-order valence-electron chi connectivity index (χ2n) is 2.98. The van der Waals surface area contributed by atoms with Gasteiger partial charge in [0.25, 0.3) is 5.19 Å². The zero-order chi connectivity index (χ0) is 8.32. The van der Waals surface area contributed by atoms with Crippen LogP contribution in [0.4, 0.5) is 0 Å². The van der Waals surface area contributed by atoms with E-state index >= 15 is 0 Å². The molecule has 1 aromatic rings. The van der Waals surface area contributed by atoms with E-state index < -0.39 is 0 Å². The van der Waals surface area contributed by atoms with Crippen molar-refractivity contribution in [2.24, 2.45) is 5.73 Å². The van der Waals surface area contributed by atoms with E-state index in [1.807, 2.05) is 13.8 Å². The molecule has 2 N–H and O–H groups in total. The lowest BCUT2D eigenvalue weighted by molar-refractivity contribution is 0.241. The highest BCUT2D eigenvalue weighted by Crippen LogP contribution is 2.12. The smallest absolute Gasteiger partial charge is 0.293 e. The molecule has 5 heteroatoms. The molecule has 0 bridgehead atoms. The number of hydrogen-bond donors (Lipinski definition) is 1. The molecular weight excluding hydrogens is 162 g/mol. The predicted molar refractivity (Wildman–Crippen MR) is 43.7 cm³/mol. The standard InChI is InChI=1S/C6H11N3OS/c1-6(2,7)3-10-5-9-8-4-11-5/h4H,3,7H2,1-2H3. The maximum absolute atomic E-state index is 5.68. The molecule has 11 heavy (non-hydrogen) atoms. The zero-order valence-electron chi connectivity index (χ0n) is 6.57. The molecule has 1 heterocycles. The lowest BCUT2D eigenvalue weighted by atomic mass is 10.1. The number of nitrogens with two attached hydrogens (primary N) is 1. The van der Waals surface area contributed by atoms with Crippen LogP contribution in [0.25, 0.3) is 0 Å². The third kappa shape index (κ3) is 3.29. The van der Waals surface area contributed by atoms with Gasteiger partial charge < -0.3 is 10.5 Å². The fourth-order valence-corrected chi connectivity index (χ4v) is 0.879. The van der Waals surface area contributed by atoms with Crippen LogP contribution < -0.4 is 10.5 Å². The van der Waals surface area contributed by atoms with E-state index in [9.17, 15) is 0 Å². The molecule has 0 radical (unpaired) electrons. The van der Waals surface area contributed by atoms with Crippen molar-refractivity contribution >= 4 is 11.3 Å². The summed E-state index contributed by atoms with van der Waals surface area (Å²) in [6.07, 6.45) is 0. The topological polar surface area (TPSA) is 61.0 Å². The Labute approximate surface area is 69.4 Å². The van der Waals surface area contributed by atoms with Crippen molar-refractivity contribution in [2.45, 2.75) is 19.4 Å². The van der Waals surface area contributed by atoms with Crippen LogP contribution in [0.3, 0.4) is 0 Å². The van der Waals surface area contributed by atoms with Crippen LogP contribution in [-0.4, -0.2) is 22.3 Å². The van der Waals surface area contributed by atoms with E-state index in [1.165, 1.54) is 11.3 Å². The van der Waals surface area contributed by atoms with Gasteiger partial charge in [0.1, 0.15) is 12.1 Å². The number of aromatic nitrogens is 2. The van der Waals surface area contributed by atoms with Crippen LogP contribution in [0.5, 0.6) is 5.19 Å². The van der Waals surface area contributed by atoms with Gasteiger partial charge in [-0.1, -0.05) is 11.3 Å². The third-order valence-electron chi connectivity index (χ3n) is 0.908. The maximum atomic E-state index is 5.68. The Kier molecular flexibility index (Phi) is 2.41. The van der Waals surface area contributed by atoms with Crippen LogP contribution in [0, 0.1) is 0 Å². The van der Waals surface area contributed by atoms with Gasteiger partial charge >= 0.3 is 0 Å². The lowest BCUT2D eigenvalue weighted by Gasteiger charge is -2.16. The van der Waals surface area contributed by atoms with E-state index in [-0.39, 0.29) is 5.54 Å². The molecule has 0 aliphatic rings. The number of hydrogen-bond acceptors (Lipinski definition) is 5. The second kappa shape index (κ2) is 3.15. The molecule has 0 aliphatic carbocycles. The summed E-state index contributed by atoms with van der Waals surface area (Å²) in [6.45, 7) is 4.25. The number of rotatable bonds is 3. The van der Waals surface area contributed by atoms with Gasteiger partial charge in [-0.15, -0.1) is 10.2 Å². The highest BCUT2D eigenvalue weighted by Gasteiger charge is 2.12. The first-order chi connectivity index (χ1) is 5.08. The highest BCUT2D eigenvalue weighted by atomic mass is 32.1. The first-order valence-electron chi connectivity index (χ1n) is 3.26. The molecule has 1 rings (SSSR count). The Morgan fingerprint density at radius 1 is 1.73 bits per heavy atom. The molecule has 0 aliphatic heterocycles. The summed E-state index contributed by atoms with van der Waals surface area (Å²) in [5.41, 5.74) is 6.99. The van der Waals surface area contributed by atoms with Crippen molar-refractivity contribution < 1.29 is 4.74 Å². The summed E-state index contributed by atoms with van der Waals surface area (Å²) in [6, 6.07) is 0. The average Bonchev–Trinajstić information content (AvgIpc) is 2.32. The predicted octanol–water partition coefficient (Wildman–Crippen LogP) is 0.654. The molecule has 0 aromatic carbocycles. The zero-order valence-corrected chi connectivity index (χ0v) is 7.39. The van der Waals surface area contributed by atoms with Gasteiger partial charge in [-0.3, -0.25) is 0 Å². The van der Waals surface area contributed by atoms with Crippen LogP contribution >= 0.6 is 11.3 Å². The molecule has 62 valence electrons. The largest absolute Gasteiger partial charge is 0.467 e. The molecule has 0 atom stereocenters. The molecule has 4 nitrogen and oxygen atoms in total. The minimum atomic E-state index is -0.314. The third-order valence-corrected chi connectivity index (χ3v) is 1.51. The number of ether oxygens (including phenoxy) is 1. The molecule has 0 fully saturated rings. The van der Waals surface area contributed by atoms with Crippen LogP contribution in [-0.2, 0) is 0 Å². The monoisotopic (exact) mass is 173 g/mol. The maximum Gasteiger partial charge on any atom is 0.293 e. The summed E-state index contributed by atoms with van der Waals surface area (Å²) < 4.78 is 5.23.